The van der Waals surface area contributed by atoms with Gasteiger partial charge in [-0.3, -0.25) is 4.79 Å². The number of carbonyl (C=O) groups is 1. The first-order chi connectivity index (χ1) is 11.0. The van der Waals surface area contributed by atoms with Gasteiger partial charge >= 0.3 is 0 Å². The zero-order chi connectivity index (χ0) is 16.6. The molecule has 1 aliphatic carbocycles. The van der Waals surface area contributed by atoms with Crippen molar-refractivity contribution in [2.24, 2.45) is 11.7 Å². The molecule has 2 unspecified atom stereocenters. The first-order valence-corrected chi connectivity index (χ1v) is 8.29. The van der Waals surface area contributed by atoms with E-state index in [-0.39, 0.29) is 17.9 Å². The van der Waals surface area contributed by atoms with Crippen LogP contribution >= 0.6 is 0 Å². The fraction of sp³-hybridized carbons (Fsp3) is 0.588. The van der Waals surface area contributed by atoms with Gasteiger partial charge in [0.2, 0.25) is 0 Å². The van der Waals surface area contributed by atoms with Gasteiger partial charge in [0, 0.05) is 11.7 Å². The number of aryl methyl sites for hydroxylation is 1. The number of nitrogens with two attached hydrogens (primary N) is 1. The first-order valence-electron chi connectivity index (χ1n) is 8.29. The lowest BCUT2D eigenvalue weighted by molar-refractivity contribution is 0.0930. The van der Waals surface area contributed by atoms with Crippen molar-refractivity contribution in [2.75, 3.05) is 6.54 Å². The molecular formula is C17H24N4O2. The number of pyridine rings is 1. The van der Waals surface area contributed by atoms with E-state index in [1.54, 1.807) is 0 Å². The van der Waals surface area contributed by atoms with Gasteiger partial charge in [-0.15, -0.1) is 0 Å². The minimum atomic E-state index is -0.0871. The molecule has 0 saturated heterocycles. The third-order valence-corrected chi connectivity index (χ3v) is 4.67. The Morgan fingerprint density at radius 3 is 2.96 bits per heavy atom. The van der Waals surface area contributed by atoms with Crippen molar-refractivity contribution in [1.82, 2.24) is 15.5 Å². The Morgan fingerprint density at radius 2 is 2.26 bits per heavy atom. The van der Waals surface area contributed by atoms with Crippen LogP contribution in [0, 0.1) is 12.8 Å². The van der Waals surface area contributed by atoms with Gasteiger partial charge in [0.05, 0.1) is 16.6 Å². The lowest BCUT2D eigenvalue weighted by Gasteiger charge is -2.19. The van der Waals surface area contributed by atoms with Crippen LogP contribution < -0.4 is 11.1 Å². The van der Waals surface area contributed by atoms with Crippen molar-refractivity contribution in [3.8, 4) is 0 Å². The molecule has 3 N–H and O–H groups in total. The lowest BCUT2D eigenvalue weighted by Crippen LogP contribution is -2.40. The van der Waals surface area contributed by atoms with Crippen LogP contribution in [0.1, 0.15) is 60.8 Å². The van der Waals surface area contributed by atoms with Gasteiger partial charge in [0.15, 0.2) is 0 Å². The Morgan fingerprint density at radius 1 is 1.48 bits per heavy atom. The molecule has 0 radical (unpaired) electrons. The zero-order valence-corrected chi connectivity index (χ0v) is 13.9. The van der Waals surface area contributed by atoms with E-state index in [2.05, 4.69) is 15.5 Å². The summed E-state index contributed by atoms with van der Waals surface area (Å²) in [6.07, 6.45) is 3.18. The van der Waals surface area contributed by atoms with E-state index in [1.165, 1.54) is 0 Å². The van der Waals surface area contributed by atoms with E-state index in [4.69, 9.17) is 10.3 Å². The summed E-state index contributed by atoms with van der Waals surface area (Å²) in [5, 5.41) is 7.99. The molecule has 1 saturated carbocycles. The van der Waals surface area contributed by atoms with Crippen molar-refractivity contribution in [3.05, 3.63) is 23.0 Å². The molecule has 3 rings (SSSR count). The average Bonchev–Trinajstić information content (AvgIpc) is 3.12. The lowest BCUT2D eigenvalue weighted by atomic mass is 10.0. The Bertz CT molecular complexity index is 723. The summed E-state index contributed by atoms with van der Waals surface area (Å²) in [6, 6.07) is 1.96. The topological polar surface area (TPSA) is 94.0 Å². The Balaban J connectivity index is 1.97. The molecule has 2 atom stereocenters. The second-order valence-electron chi connectivity index (χ2n) is 6.72. The molecule has 0 aromatic carbocycles. The number of nitrogens with zero attached hydrogens (tertiary/aromatic N) is 2. The number of aromatic nitrogens is 2. The van der Waals surface area contributed by atoms with Gasteiger partial charge in [0.25, 0.3) is 11.6 Å². The number of fused-ring (bicyclic) bond motifs is 1. The van der Waals surface area contributed by atoms with E-state index in [0.29, 0.717) is 23.7 Å². The van der Waals surface area contributed by atoms with Gasteiger partial charge < -0.3 is 15.6 Å². The number of amides is 1. The standard InChI is InChI=1S/C17H24N4O2/c1-9(2)15-14-12(7-10(3)19-17(14)23-21-15)16(22)20-13-6-4-5-11(13)8-18/h7,9,11,13H,4-6,8,18H2,1-3H3,(H,20,22). The highest BCUT2D eigenvalue weighted by molar-refractivity contribution is 6.06. The van der Waals surface area contributed by atoms with Crippen LogP contribution in [0.4, 0.5) is 0 Å². The first kappa shape index (κ1) is 15.9. The SMILES string of the molecule is Cc1cc(C(=O)NC2CCCC2CN)c2c(C(C)C)noc2n1. The van der Waals surface area contributed by atoms with Crippen molar-refractivity contribution < 1.29 is 9.32 Å². The summed E-state index contributed by atoms with van der Waals surface area (Å²) in [5.74, 6) is 0.441. The molecule has 2 aromatic heterocycles. The Hall–Kier alpha value is -1.95. The average molecular weight is 316 g/mol. The molecule has 6 nitrogen and oxygen atoms in total. The quantitative estimate of drug-likeness (QED) is 0.904. The van der Waals surface area contributed by atoms with Crippen LogP contribution in [0.3, 0.4) is 0 Å². The molecular weight excluding hydrogens is 292 g/mol. The minimum absolute atomic E-state index is 0.0871. The second-order valence-corrected chi connectivity index (χ2v) is 6.72. The number of hydrogen-bond acceptors (Lipinski definition) is 5. The summed E-state index contributed by atoms with van der Waals surface area (Å²) in [7, 11) is 0. The molecule has 1 aliphatic rings. The number of hydrogen-bond donors (Lipinski definition) is 2. The predicted molar refractivity (Wildman–Crippen MR) is 88.3 cm³/mol. The molecule has 6 heteroatoms. The molecule has 1 fully saturated rings. The number of carbonyl (C=O) groups excluding carboxylic acids is 1. The van der Waals surface area contributed by atoms with Crippen LogP contribution in [-0.4, -0.2) is 28.6 Å². The van der Waals surface area contributed by atoms with Crippen LogP contribution in [-0.2, 0) is 0 Å². The van der Waals surface area contributed by atoms with Gasteiger partial charge in [-0.1, -0.05) is 25.4 Å². The maximum absolute atomic E-state index is 12.9. The summed E-state index contributed by atoms with van der Waals surface area (Å²) >= 11 is 0. The van der Waals surface area contributed by atoms with E-state index in [9.17, 15) is 4.79 Å². The summed E-state index contributed by atoms with van der Waals surface area (Å²) in [6.45, 7) is 6.52. The van der Waals surface area contributed by atoms with E-state index >= 15 is 0 Å². The molecule has 2 aromatic rings. The third kappa shape index (κ3) is 2.95. The van der Waals surface area contributed by atoms with E-state index in [0.717, 1.165) is 36.0 Å². The van der Waals surface area contributed by atoms with Crippen molar-refractivity contribution >= 4 is 17.0 Å². The molecule has 2 heterocycles. The number of rotatable bonds is 4. The van der Waals surface area contributed by atoms with Gasteiger partial charge in [-0.25, -0.2) is 4.98 Å². The van der Waals surface area contributed by atoms with Crippen LogP contribution in [0.25, 0.3) is 11.1 Å². The molecule has 1 amide bonds. The molecule has 0 bridgehead atoms. The smallest absolute Gasteiger partial charge is 0.259 e. The normalized spacial score (nSPS) is 21.3. The highest BCUT2D eigenvalue weighted by atomic mass is 16.5. The fourth-order valence-electron chi connectivity index (χ4n) is 3.42. The van der Waals surface area contributed by atoms with Crippen LogP contribution in [0.15, 0.2) is 10.6 Å². The van der Waals surface area contributed by atoms with E-state index < -0.39 is 0 Å². The fourth-order valence-corrected chi connectivity index (χ4v) is 3.42. The summed E-state index contributed by atoms with van der Waals surface area (Å²) in [5.41, 5.74) is 8.37. The van der Waals surface area contributed by atoms with Crippen molar-refractivity contribution in [3.63, 3.8) is 0 Å². The second kappa shape index (κ2) is 6.28. The van der Waals surface area contributed by atoms with Gasteiger partial charge in [-0.2, -0.15) is 0 Å². The monoisotopic (exact) mass is 316 g/mol. The van der Waals surface area contributed by atoms with Crippen molar-refractivity contribution in [1.29, 1.82) is 0 Å². The van der Waals surface area contributed by atoms with Crippen LogP contribution in [0.5, 0.6) is 0 Å². The Kier molecular flexibility index (Phi) is 4.35. The molecule has 0 spiro atoms. The summed E-state index contributed by atoms with van der Waals surface area (Å²) in [4.78, 5) is 17.2. The largest absolute Gasteiger partial charge is 0.349 e. The zero-order valence-electron chi connectivity index (χ0n) is 13.9. The van der Waals surface area contributed by atoms with Gasteiger partial charge in [-0.05, 0) is 44.2 Å². The minimum Gasteiger partial charge on any atom is -0.349 e. The van der Waals surface area contributed by atoms with Crippen LogP contribution in [0.2, 0.25) is 0 Å². The maximum atomic E-state index is 12.9. The number of nitrogens with one attached hydrogen (secondary N) is 1. The van der Waals surface area contributed by atoms with Crippen molar-refractivity contribution in [2.45, 2.75) is 52.0 Å². The van der Waals surface area contributed by atoms with Gasteiger partial charge in [0.1, 0.15) is 0 Å². The third-order valence-electron chi connectivity index (χ3n) is 4.67. The highest BCUT2D eigenvalue weighted by Crippen LogP contribution is 2.29. The molecule has 124 valence electrons. The predicted octanol–water partition coefficient (Wildman–Crippen LogP) is 2.51. The maximum Gasteiger partial charge on any atom is 0.259 e. The van der Waals surface area contributed by atoms with E-state index in [1.807, 2.05) is 26.8 Å². The Labute approximate surface area is 135 Å². The summed E-state index contributed by atoms with van der Waals surface area (Å²) < 4.78 is 5.33. The molecule has 0 aliphatic heterocycles. The highest BCUT2D eigenvalue weighted by Gasteiger charge is 2.29. The molecule has 23 heavy (non-hydrogen) atoms.